The molecular weight excluding hydrogens is 258 g/mol. The number of sulfone groups is 1. The summed E-state index contributed by atoms with van der Waals surface area (Å²) in [4.78, 5) is 13.4. The zero-order valence-electron chi connectivity index (χ0n) is 11.1. The van der Waals surface area contributed by atoms with E-state index in [0.717, 1.165) is 0 Å². The minimum atomic E-state index is -3.09. The van der Waals surface area contributed by atoms with Gasteiger partial charge in [-0.3, -0.25) is 9.69 Å². The van der Waals surface area contributed by atoms with Crippen LogP contribution < -0.4 is 0 Å². The zero-order valence-corrected chi connectivity index (χ0v) is 11.9. The van der Waals surface area contributed by atoms with Crippen molar-refractivity contribution < 1.29 is 22.7 Å². The number of nitrogens with zero attached hydrogens (tertiary/aromatic N) is 1. The molecule has 0 aromatic carbocycles. The zero-order chi connectivity index (χ0) is 13.8. The first-order chi connectivity index (χ1) is 8.38. The largest absolute Gasteiger partial charge is 0.468 e. The van der Waals surface area contributed by atoms with Crippen molar-refractivity contribution in [2.45, 2.75) is 25.1 Å². The van der Waals surface area contributed by atoms with Gasteiger partial charge in [0, 0.05) is 13.1 Å². The van der Waals surface area contributed by atoms with Gasteiger partial charge in [-0.25, -0.2) is 8.42 Å². The molecule has 1 atom stereocenters. The molecule has 1 aliphatic rings. The molecule has 6 nitrogen and oxygen atoms in total. The van der Waals surface area contributed by atoms with Crippen molar-refractivity contribution >= 4 is 15.8 Å². The predicted molar refractivity (Wildman–Crippen MR) is 67.1 cm³/mol. The second-order valence-electron chi connectivity index (χ2n) is 4.57. The molecule has 0 spiro atoms. The Morgan fingerprint density at radius 2 is 2.17 bits per heavy atom. The molecule has 1 unspecified atom stereocenters. The molecule has 0 radical (unpaired) electrons. The summed E-state index contributed by atoms with van der Waals surface area (Å²) < 4.78 is 33.4. The van der Waals surface area contributed by atoms with E-state index in [9.17, 15) is 13.2 Å². The van der Waals surface area contributed by atoms with Crippen LogP contribution in [0.2, 0.25) is 0 Å². The Labute approximate surface area is 108 Å². The van der Waals surface area contributed by atoms with Gasteiger partial charge in [0.1, 0.15) is 6.04 Å². The van der Waals surface area contributed by atoms with Crippen molar-refractivity contribution in [1.29, 1.82) is 0 Å². The van der Waals surface area contributed by atoms with Gasteiger partial charge in [-0.2, -0.15) is 0 Å². The van der Waals surface area contributed by atoms with Crippen LogP contribution in [0.3, 0.4) is 0 Å². The Hall–Kier alpha value is -0.660. The Bertz CT molecular complexity index is 379. The van der Waals surface area contributed by atoms with Gasteiger partial charge < -0.3 is 9.47 Å². The lowest BCUT2D eigenvalue weighted by Gasteiger charge is -2.33. The number of hydrogen-bond donors (Lipinski definition) is 0. The third-order valence-corrected chi connectivity index (χ3v) is 5.28. The molecule has 1 saturated heterocycles. The highest BCUT2D eigenvalue weighted by Gasteiger charge is 2.31. The van der Waals surface area contributed by atoms with Crippen LogP contribution in [0.25, 0.3) is 0 Å². The van der Waals surface area contributed by atoms with E-state index in [0.29, 0.717) is 19.7 Å². The van der Waals surface area contributed by atoms with Crippen molar-refractivity contribution in [3.05, 3.63) is 0 Å². The van der Waals surface area contributed by atoms with Crippen molar-refractivity contribution in [3.63, 3.8) is 0 Å². The summed E-state index contributed by atoms with van der Waals surface area (Å²) in [6.07, 6.45) is 0. The lowest BCUT2D eigenvalue weighted by atomic mass is 10.2. The van der Waals surface area contributed by atoms with Crippen molar-refractivity contribution in [2.24, 2.45) is 0 Å². The number of carbonyl (C=O) groups excluding carboxylic acids is 1. The van der Waals surface area contributed by atoms with Crippen LogP contribution in [0.15, 0.2) is 0 Å². The van der Waals surface area contributed by atoms with E-state index in [1.54, 1.807) is 13.8 Å². The molecule has 0 N–H and O–H groups in total. The summed E-state index contributed by atoms with van der Waals surface area (Å²) in [6, 6.07) is -0.494. The predicted octanol–water partition coefficient (Wildman–Crippen LogP) is -0.317. The fourth-order valence-corrected chi connectivity index (χ4v) is 2.70. The first-order valence-corrected chi connectivity index (χ1v) is 7.71. The maximum absolute atomic E-state index is 11.7. The molecule has 0 saturated carbocycles. The molecule has 0 aromatic heterocycles. The first-order valence-electron chi connectivity index (χ1n) is 5.99. The Morgan fingerprint density at radius 1 is 1.50 bits per heavy atom. The second-order valence-corrected chi connectivity index (χ2v) is 7.24. The van der Waals surface area contributed by atoms with Crippen LogP contribution in [0.1, 0.15) is 13.8 Å². The van der Waals surface area contributed by atoms with Crippen LogP contribution in [0.5, 0.6) is 0 Å². The first kappa shape index (κ1) is 15.4. The molecule has 1 fully saturated rings. The number of morpholine rings is 1. The number of carbonyl (C=O) groups is 1. The highest BCUT2D eigenvalue weighted by molar-refractivity contribution is 7.92. The normalized spacial score (nSPS) is 22.1. The van der Waals surface area contributed by atoms with Gasteiger partial charge in [0.05, 0.1) is 31.3 Å². The van der Waals surface area contributed by atoms with E-state index in [-0.39, 0.29) is 18.3 Å². The van der Waals surface area contributed by atoms with Crippen LogP contribution in [0.4, 0.5) is 0 Å². The molecule has 0 aliphatic carbocycles. The lowest BCUT2D eigenvalue weighted by molar-refractivity contribution is -0.153. The van der Waals surface area contributed by atoms with Crippen molar-refractivity contribution in [1.82, 2.24) is 4.90 Å². The molecule has 0 amide bonds. The standard InChI is InChI=1S/C11H21NO5S/c1-9(2)18(14,15)7-5-12-4-6-17-8-10(12)11(13)16-3/h9-10H,4-8H2,1-3H3. The summed E-state index contributed by atoms with van der Waals surface area (Å²) in [6.45, 7) is 4.97. The second kappa shape index (κ2) is 6.49. The Balaban J connectivity index is 2.61. The average molecular weight is 279 g/mol. The average Bonchev–Trinajstić information content (AvgIpc) is 2.35. The molecular formula is C11H21NO5S. The minimum Gasteiger partial charge on any atom is -0.468 e. The third kappa shape index (κ3) is 3.93. The summed E-state index contributed by atoms with van der Waals surface area (Å²) in [5.74, 6) is -0.324. The van der Waals surface area contributed by atoms with Crippen LogP contribution in [-0.2, 0) is 24.1 Å². The number of esters is 1. The molecule has 1 heterocycles. The van der Waals surface area contributed by atoms with Crippen molar-refractivity contribution in [3.8, 4) is 0 Å². The van der Waals surface area contributed by atoms with Gasteiger partial charge in [0.2, 0.25) is 0 Å². The highest BCUT2D eigenvalue weighted by Crippen LogP contribution is 2.10. The number of hydrogen-bond acceptors (Lipinski definition) is 6. The Morgan fingerprint density at radius 3 is 2.72 bits per heavy atom. The Kier molecular flexibility index (Phi) is 5.55. The van der Waals surface area contributed by atoms with Crippen LogP contribution in [-0.4, -0.2) is 69.7 Å². The molecule has 18 heavy (non-hydrogen) atoms. The molecule has 1 aliphatic heterocycles. The minimum absolute atomic E-state index is 0.0537. The molecule has 0 aromatic rings. The van der Waals surface area contributed by atoms with Gasteiger partial charge in [-0.05, 0) is 13.8 Å². The molecule has 106 valence electrons. The van der Waals surface area contributed by atoms with E-state index < -0.39 is 21.1 Å². The summed E-state index contributed by atoms with van der Waals surface area (Å²) in [5, 5.41) is -0.393. The number of methoxy groups -OCH3 is 1. The van der Waals surface area contributed by atoms with E-state index >= 15 is 0 Å². The summed E-state index contributed by atoms with van der Waals surface area (Å²) in [5.41, 5.74) is 0. The maximum atomic E-state index is 11.7. The SMILES string of the molecule is COC(=O)C1COCCN1CCS(=O)(=O)C(C)C. The van der Waals surface area contributed by atoms with E-state index in [1.165, 1.54) is 7.11 Å². The lowest BCUT2D eigenvalue weighted by Crippen LogP contribution is -2.51. The molecule has 7 heteroatoms. The quantitative estimate of drug-likeness (QED) is 0.642. The maximum Gasteiger partial charge on any atom is 0.325 e. The number of ether oxygens (including phenoxy) is 2. The third-order valence-electron chi connectivity index (χ3n) is 3.09. The van der Waals surface area contributed by atoms with Gasteiger partial charge in [0.25, 0.3) is 0 Å². The molecule has 0 bridgehead atoms. The van der Waals surface area contributed by atoms with Gasteiger partial charge >= 0.3 is 5.97 Å². The van der Waals surface area contributed by atoms with E-state index in [2.05, 4.69) is 4.74 Å². The number of rotatable bonds is 5. The van der Waals surface area contributed by atoms with Crippen LogP contribution in [0, 0.1) is 0 Å². The topological polar surface area (TPSA) is 72.9 Å². The fourth-order valence-electron chi connectivity index (χ4n) is 1.74. The summed E-state index contributed by atoms with van der Waals surface area (Å²) in [7, 11) is -1.77. The fraction of sp³-hybridized carbons (Fsp3) is 0.909. The summed E-state index contributed by atoms with van der Waals surface area (Å²) >= 11 is 0. The van der Waals surface area contributed by atoms with Crippen molar-refractivity contribution in [2.75, 3.05) is 39.2 Å². The van der Waals surface area contributed by atoms with Gasteiger partial charge in [-0.1, -0.05) is 0 Å². The van der Waals surface area contributed by atoms with Gasteiger partial charge in [-0.15, -0.1) is 0 Å². The van der Waals surface area contributed by atoms with Gasteiger partial charge in [0.15, 0.2) is 9.84 Å². The van der Waals surface area contributed by atoms with E-state index in [1.807, 2.05) is 4.90 Å². The monoisotopic (exact) mass is 279 g/mol. The van der Waals surface area contributed by atoms with Crippen LogP contribution >= 0.6 is 0 Å². The highest BCUT2D eigenvalue weighted by atomic mass is 32.2. The smallest absolute Gasteiger partial charge is 0.325 e. The molecule has 1 rings (SSSR count). The van der Waals surface area contributed by atoms with E-state index in [4.69, 9.17) is 4.74 Å².